The van der Waals surface area contributed by atoms with E-state index in [4.69, 9.17) is 5.11 Å². The van der Waals surface area contributed by atoms with Crippen LogP contribution in [-0.4, -0.2) is 36.1 Å². The minimum atomic E-state index is -1.18. The number of aliphatic carboxylic acids is 1. The molecule has 20 heavy (non-hydrogen) atoms. The van der Waals surface area contributed by atoms with Gasteiger partial charge in [0.1, 0.15) is 0 Å². The van der Waals surface area contributed by atoms with Gasteiger partial charge in [-0.05, 0) is 12.5 Å². The predicted molar refractivity (Wildman–Crippen MR) is 72.0 cm³/mol. The van der Waals surface area contributed by atoms with E-state index in [1.165, 1.54) is 0 Å². The molecule has 1 aromatic carbocycles. The zero-order valence-electron chi connectivity index (χ0n) is 11.1. The van der Waals surface area contributed by atoms with Crippen LogP contribution in [-0.2, 0) is 9.59 Å². The van der Waals surface area contributed by atoms with E-state index in [2.05, 4.69) is 16.0 Å². The second kappa shape index (κ2) is 7.78. The van der Waals surface area contributed by atoms with Gasteiger partial charge in [0.25, 0.3) is 0 Å². The molecule has 1 unspecified atom stereocenters. The third-order valence-corrected chi connectivity index (χ3v) is 2.44. The molecule has 3 amide bonds. The van der Waals surface area contributed by atoms with Gasteiger partial charge >= 0.3 is 12.0 Å². The van der Waals surface area contributed by atoms with Gasteiger partial charge in [0.05, 0.1) is 6.54 Å². The number of benzene rings is 1. The Morgan fingerprint density at radius 3 is 2.35 bits per heavy atom. The van der Waals surface area contributed by atoms with Gasteiger partial charge in [-0.15, -0.1) is 0 Å². The van der Waals surface area contributed by atoms with Crippen molar-refractivity contribution in [3.05, 3.63) is 35.9 Å². The molecular formula is C13H17N3O4. The van der Waals surface area contributed by atoms with Crippen molar-refractivity contribution in [3.63, 3.8) is 0 Å². The van der Waals surface area contributed by atoms with Crippen LogP contribution in [0, 0.1) is 0 Å². The Hall–Kier alpha value is -2.57. The van der Waals surface area contributed by atoms with Crippen molar-refractivity contribution < 1.29 is 19.5 Å². The molecule has 0 aliphatic carbocycles. The van der Waals surface area contributed by atoms with E-state index in [0.717, 1.165) is 0 Å². The van der Waals surface area contributed by atoms with E-state index in [1.54, 1.807) is 37.3 Å². The highest BCUT2D eigenvalue weighted by Crippen LogP contribution is 2.12. The number of carbonyl (C=O) groups excluding carboxylic acids is 2. The molecule has 0 heterocycles. The number of hydrogen-bond acceptors (Lipinski definition) is 3. The SMILES string of the molecule is CCNC(=O)CNC(=O)NC(C(=O)O)c1ccccc1. The summed E-state index contributed by atoms with van der Waals surface area (Å²) in [5, 5.41) is 16.2. The van der Waals surface area contributed by atoms with Crippen LogP contribution in [0.15, 0.2) is 30.3 Å². The molecule has 4 N–H and O–H groups in total. The Balaban J connectivity index is 2.57. The summed E-state index contributed by atoms with van der Waals surface area (Å²) in [5.41, 5.74) is 0.452. The molecule has 7 nitrogen and oxygen atoms in total. The van der Waals surface area contributed by atoms with Gasteiger partial charge in [-0.25, -0.2) is 9.59 Å². The minimum absolute atomic E-state index is 0.208. The average molecular weight is 279 g/mol. The monoisotopic (exact) mass is 279 g/mol. The Morgan fingerprint density at radius 2 is 1.80 bits per heavy atom. The molecule has 0 aliphatic rings. The van der Waals surface area contributed by atoms with Gasteiger partial charge in [-0.3, -0.25) is 4.79 Å². The topological polar surface area (TPSA) is 108 Å². The summed E-state index contributed by atoms with van der Waals surface area (Å²) in [6, 6.07) is 6.43. The molecule has 0 aliphatic heterocycles. The lowest BCUT2D eigenvalue weighted by Gasteiger charge is -2.15. The first-order valence-corrected chi connectivity index (χ1v) is 6.13. The van der Waals surface area contributed by atoms with Crippen LogP contribution in [0.3, 0.4) is 0 Å². The van der Waals surface area contributed by atoms with Crippen LogP contribution >= 0.6 is 0 Å². The van der Waals surface area contributed by atoms with Crippen LogP contribution in [0.5, 0.6) is 0 Å². The first-order valence-electron chi connectivity index (χ1n) is 6.13. The van der Waals surface area contributed by atoms with Gasteiger partial charge in [0, 0.05) is 6.54 Å². The molecule has 0 saturated heterocycles. The highest BCUT2D eigenvalue weighted by atomic mass is 16.4. The number of amides is 3. The first kappa shape index (κ1) is 15.5. The fraction of sp³-hybridized carbons (Fsp3) is 0.308. The van der Waals surface area contributed by atoms with Crippen molar-refractivity contribution >= 4 is 17.9 Å². The minimum Gasteiger partial charge on any atom is -0.479 e. The number of carboxylic acids is 1. The second-order valence-corrected chi connectivity index (χ2v) is 3.96. The quantitative estimate of drug-likeness (QED) is 0.598. The number of carbonyl (C=O) groups is 3. The number of likely N-dealkylation sites (N-methyl/N-ethyl adjacent to an activating group) is 1. The molecule has 1 atom stereocenters. The lowest BCUT2D eigenvalue weighted by Crippen LogP contribution is -2.44. The number of hydrogen-bond donors (Lipinski definition) is 4. The Bertz CT molecular complexity index is 476. The summed E-state index contributed by atoms with van der Waals surface area (Å²) < 4.78 is 0. The molecule has 0 aromatic heterocycles. The average Bonchev–Trinajstić information content (AvgIpc) is 2.43. The van der Waals surface area contributed by atoms with Crippen LogP contribution in [0.1, 0.15) is 18.5 Å². The second-order valence-electron chi connectivity index (χ2n) is 3.96. The fourth-order valence-corrected chi connectivity index (χ4v) is 1.54. The molecule has 0 saturated carbocycles. The van der Waals surface area contributed by atoms with Crippen molar-refractivity contribution in [2.75, 3.05) is 13.1 Å². The van der Waals surface area contributed by atoms with Gasteiger partial charge in [-0.2, -0.15) is 0 Å². The lowest BCUT2D eigenvalue weighted by molar-refractivity contribution is -0.139. The molecule has 7 heteroatoms. The Labute approximate surface area is 116 Å². The van der Waals surface area contributed by atoms with Crippen molar-refractivity contribution in [1.29, 1.82) is 0 Å². The first-order chi connectivity index (χ1) is 9.54. The van der Waals surface area contributed by atoms with Crippen molar-refractivity contribution in [2.24, 2.45) is 0 Å². The lowest BCUT2D eigenvalue weighted by atomic mass is 10.1. The van der Waals surface area contributed by atoms with E-state index in [1.807, 2.05) is 0 Å². The van der Waals surface area contributed by atoms with Crippen LogP contribution in [0.2, 0.25) is 0 Å². The maximum absolute atomic E-state index is 11.6. The van der Waals surface area contributed by atoms with E-state index in [9.17, 15) is 14.4 Å². The summed E-state index contributed by atoms with van der Waals surface area (Å²) in [6.07, 6.45) is 0. The highest BCUT2D eigenvalue weighted by Gasteiger charge is 2.21. The molecule has 1 rings (SSSR count). The Morgan fingerprint density at radius 1 is 1.15 bits per heavy atom. The standard InChI is InChI=1S/C13H17N3O4/c1-2-14-10(17)8-15-13(20)16-11(12(18)19)9-6-4-3-5-7-9/h3-7,11H,2,8H2,1H3,(H,14,17)(H,18,19)(H2,15,16,20). The normalized spacial score (nSPS) is 11.2. The van der Waals surface area contributed by atoms with E-state index in [-0.39, 0.29) is 12.5 Å². The smallest absolute Gasteiger partial charge is 0.330 e. The summed E-state index contributed by atoms with van der Waals surface area (Å²) in [5.74, 6) is -1.52. The maximum atomic E-state index is 11.6. The summed E-state index contributed by atoms with van der Waals surface area (Å²) in [4.78, 5) is 33.9. The van der Waals surface area contributed by atoms with Crippen molar-refractivity contribution in [2.45, 2.75) is 13.0 Å². The number of rotatable bonds is 6. The Kier molecular flexibility index (Phi) is 6.02. The molecular weight excluding hydrogens is 262 g/mol. The largest absolute Gasteiger partial charge is 0.479 e. The highest BCUT2D eigenvalue weighted by molar-refractivity contribution is 5.87. The predicted octanol–water partition coefficient (Wildman–Crippen LogP) is 0.248. The zero-order valence-corrected chi connectivity index (χ0v) is 11.1. The number of carboxylic acid groups (broad SMARTS) is 1. The molecule has 0 spiro atoms. The fourth-order valence-electron chi connectivity index (χ4n) is 1.54. The summed E-state index contributed by atoms with van der Waals surface area (Å²) in [7, 11) is 0. The van der Waals surface area contributed by atoms with Gasteiger partial charge in [0.15, 0.2) is 6.04 Å². The zero-order chi connectivity index (χ0) is 15.0. The molecule has 0 radical (unpaired) electrons. The van der Waals surface area contributed by atoms with Crippen molar-refractivity contribution in [3.8, 4) is 0 Å². The van der Waals surface area contributed by atoms with Crippen LogP contribution in [0.25, 0.3) is 0 Å². The summed E-state index contributed by atoms with van der Waals surface area (Å²) in [6.45, 7) is 2.01. The number of nitrogens with one attached hydrogen (secondary N) is 3. The maximum Gasteiger partial charge on any atom is 0.330 e. The molecule has 0 fully saturated rings. The van der Waals surface area contributed by atoms with Crippen molar-refractivity contribution in [1.82, 2.24) is 16.0 Å². The van der Waals surface area contributed by atoms with Crippen LogP contribution in [0.4, 0.5) is 4.79 Å². The van der Waals surface area contributed by atoms with E-state index >= 15 is 0 Å². The number of urea groups is 1. The molecule has 1 aromatic rings. The van der Waals surface area contributed by atoms with Gasteiger partial charge in [-0.1, -0.05) is 30.3 Å². The molecule has 108 valence electrons. The third-order valence-electron chi connectivity index (χ3n) is 2.44. The summed E-state index contributed by atoms with van der Waals surface area (Å²) >= 11 is 0. The third kappa shape index (κ3) is 4.97. The van der Waals surface area contributed by atoms with E-state index < -0.39 is 18.0 Å². The van der Waals surface area contributed by atoms with Crippen LogP contribution < -0.4 is 16.0 Å². The van der Waals surface area contributed by atoms with Gasteiger partial charge in [0.2, 0.25) is 5.91 Å². The molecule has 0 bridgehead atoms. The van der Waals surface area contributed by atoms with E-state index in [0.29, 0.717) is 12.1 Å². The van der Waals surface area contributed by atoms with Gasteiger partial charge < -0.3 is 21.1 Å².